The van der Waals surface area contributed by atoms with E-state index in [0.717, 1.165) is 0 Å². The third-order valence-electron chi connectivity index (χ3n) is 14.8. The smallest absolute Gasteiger partial charge is 0.333 e. The minimum absolute atomic E-state index is 0.0109. The van der Waals surface area contributed by atoms with Crippen LogP contribution in [0.2, 0.25) is 0 Å². The van der Waals surface area contributed by atoms with E-state index in [0.29, 0.717) is 0 Å². The van der Waals surface area contributed by atoms with Gasteiger partial charge in [0.05, 0.1) is 0 Å². The van der Waals surface area contributed by atoms with E-state index >= 15 is 0 Å². The van der Waals surface area contributed by atoms with E-state index in [1.807, 2.05) is 11.3 Å². The van der Waals surface area contributed by atoms with Crippen LogP contribution in [-0.4, -0.2) is 6.85 Å². The van der Waals surface area contributed by atoms with E-state index in [4.69, 9.17) is 0 Å². The average molecular weight is 761 g/mol. The molecule has 0 fully saturated rings. The average Bonchev–Trinajstić information content (AvgIpc) is 3.55. The van der Waals surface area contributed by atoms with Gasteiger partial charge in [0.2, 0.25) is 0 Å². The molecule has 4 aliphatic rings. The van der Waals surface area contributed by atoms with Crippen molar-refractivity contribution in [3.8, 4) is 11.1 Å². The number of fused-ring (bicyclic) bond motifs is 9. The van der Waals surface area contributed by atoms with E-state index in [2.05, 4.69) is 181 Å². The third kappa shape index (κ3) is 5.02. The SMILES string of the molecule is Cc1cc2c3c(c1)N(c1ccccc1)c1cc4c(cc1B3N(c1ccc3c(c1)C(C)(C)CCC3(C)C)c1cc3c(cc1-2)C(C)(C)CCC3(C)C)sc1ccccc14. The number of hydrogen-bond acceptors (Lipinski definition) is 3. The number of rotatable bonds is 2. The molecule has 0 amide bonds. The fourth-order valence-corrected chi connectivity index (χ4v) is 12.4. The van der Waals surface area contributed by atoms with E-state index < -0.39 is 0 Å². The van der Waals surface area contributed by atoms with E-state index in [1.165, 1.54) is 124 Å². The molecule has 0 radical (unpaired) electrons. The van der Waals surface area contributed by atoms with Crippen molar-refractivity contribution >= 4 is 77.7 Å². The number of hydrogen-bond donors (Lipinski definition) is 0. The molecule has 2 nitrogen and oxygen atoms in total. The largest absolute Gasteiger partial charge is 0.376 e. The molecule has 3 heterocycles. The van der Waals surface area contributed by atoms with Crippen LogP contribution in [0.25, 0.3) is 31.3 Å². The van der Waals surface area contributed by atoms with E-state index in [9.17, 15) is 0 Å². The third-order valence-corrected chi connectivity index (χ3v) is 15.9. The number of anilines is 5. The predicted octanol–water partition coefficient (Wildman–Crippen LogP) is 13.8. The number of nitrogens with zero attached hydrogens (tertiary/aromatic N) is 2. The first-order valence-corrected chi connectivity index (χ1v) is 22.0. The highest BCUT2D eigenvalue weighted by atomic mass is 32.1. The van der Waals surface area contributed by atoms with Crippen LogP contribution in [0.4, 0.5) is 28.4 Å². The lowest BCUT2D eigenvalue weighted by Crippen LogP contribution is -2.61. The van der Waals surface area contributed by atoms with Crippen molar-refractivity contribution in [2.45, 2.75) is 110 Å². The van der Waals surface area contributed by atoms with Crippen molar-refractivity contribution in [3.05, 3.63) is 137 Å². The first-order chi connectivity index (χ1) is 27.1. The lowest BCUT2D eigenvalue weighted by Gasteiger charge is -2.49. The van der Waals surface area contributed by atoms with E-state index in [-0.39, 0.29) is 28.5 Å². The molecule has 284 valence electrons. The Hall–Kier alpha value is -4.80. The fourth-order valence-electron chi connectivity index (χ4n) is 11.2. The van der Waals surface area contributed by atoms with Crippen molar-refractivity contribution in [3.63, 3.8) is 0 Å². The van der Waals surface area contributed by atoms with Crippen LogP contribution in [0.1, 0.15) is 109 Å². The Labute approximate surface area is 343 Å². The maximum Gasteiger partial charge on any atom is 0.333 e. The molecule has 0 bridgehead atoms. The van der Waals surface area contributed by atoms with Crippen LogP contribution in [0.3, 0.4) is 0 Å². The van der Waals surface area contributed by atoms with Crippen molar-refractivity contribution in [2.24, 2.45) is 0 Å². The second-order valence-electron chi connectivity index (χ2n) is 20.4. The predicted molar refractivity (Wildman–Crippen MR) is 248 cm³/mol. The lowest BCUT2D eigenvalue weighted by atomic mass is 9.43. The number of benzene rings is 6. The van der Waals surface area contributed by atoms with Crippen molar-refractivity contribution in [1.82, 2.24) is 0 Å². The van der Waals surface area contributed by atoms with Gasteiger partial charge in [-0.25, -0.2) is 0 Å². The molecule has 6 aromatic carbocycles. The molecule has 0 saturated carbocycles. The second kappa shape index (κ2) is 11.7. The van der Waals surface area contributed by atoms with Crippen LogP contribution < -0.4 is 20.6 Å². The zero-order chi connectivity index (χ0) is 39.4. The summed E-state index contributed by atoms with van der Waals surface area (Å²) in [5, 5.41) is 2.68. The summed E-state index contributed by atoms with van der Waals surface area (Å²) in [5.41, 5.74) is 19.7. The fraction of sp³-hybridized carbons (Fsp3) is 0.321. The minimum atomic E-state index is -0.0109. The van der Waals surface area contributed by atoms with Crippen LogP contribution in [0.5, 0.6) is 0 Å². The topological polar surface area (TPSA) is 6.48 Å². The van der Waals surface area contributed by atoms with Gasteiger partial charge in [0.25, 0.3) is 0 Å². The molecule has 2 aliphatic carbocycles. The Kier molecular flexibility index (Phi) is 7.24. The molecule has 7 aromatic rings. The zero-order valence-corrected chi connectivity index (χ0v) is 35.9. The molecule has 0 N–H and O–H groups in total. The van der Waals surface area contributed by atoms with Gasteiger partial charge in [0.15, 0.2) is 0 Å². The Morgan fingerprint density at radius 2 is 1.12 bits per heavy atom. The van der Waals surface area contributed by atoms with Crippen LogP contribution in [-0.2, 0) is 21.7 Å². The molecule has 0 spiro atoms. The standard InChI is InChI=1S/C53H53BN2S/c1-32-25-38-36-28-41-42(53(8,9)24-23-52(41,6)7)30-44(36)56(34-19-20-39-40(27-34)51(4,5)22-21-50(39,2)3)54-43-31-48-37(35-17-13-14-18-47(35)57-48)29-45(43)55(46(26-32)49(38)54)33-15-11-10-12-16-33/h10-20,25-31H,21-24H2,1-9H3. The van der Waals surface area contributed by atoms with Gasteiger partial charge in [0.1, 0.15) is 0 Å². The lowest BCUT2D eigenvalue weighted by molar-refractivity contribution is 0.332. The van der Waals surface area contributed by atoms with Crippen molar-refractivity contribution < 1.29 is 0 Å². The highest BCUT2D eigenvalue weighted by Crippen LogP contribution is 2.55. The van der Waals surface area contributed by atoms with Gasteiger partial charge >= 0.3 is 6.85 Å². The molecule has 2 aliphatic heterocycles. The molecule has 57 heavy (non-hydrogen) atoms. The Balaban J connectivity index is 1.29. The Bertz CT molecular complexity index is 2840. The summed E-state index contributed by atoms with van der Waals surface area (Å²) in [6.45, 7) is 22.0. The maximum atomic E-state index is 2.78. The van der Waals surface area contributed by atoms with Gasteiger partial charge in [-0.05, 0) is 159 Å². The van der Waals surface area contributed by atoms with Gasteiger partial charge < -0.3 is 9.71 Å². The highest BCUT2D eigenvalue weighted by molar-refractivity contribution is 7.26. The summed E-state index contributed by atoms with van der Waals surface area (Å²) in [7, 11) is 0. The number of para-hydroxylation sites is 1. The van der Waals surface area contributed by atoms with Crippen molar-refractivity contribution in [1.29, 1.82) is 0 Å². The van der Waals surface area contributed by atoms with Gasteiger partial charge in [0, 0.05) is 54.2 Å². The monoisotopic (exact) mass is 760 g/mol. The molecular formula is C53H53BN2S. The quantitative estimate of drug-likeness (QED) is 0.162. The Morgan fingerprint density at radius 3 is 1.84 bits per heavy atom. The summed E-state index contributed by atoms with van der Waals surface area (Å²) in [4.78, 5) is 5.36. The molecular weight excluding hydrogens is 707 g/mol. The minimum Gasteiger partial charge on any atom is -0.376 e. The van der Waals surface area contributed by atoms with E-state index in [1.54, 1.807) is 0 Å². The molecule has 0 unspecified atom stereocenters. The molecule has 1 aromatic heterocycles. The summed E-state index contributed by atoms with van der Waals surface area (Å²) < 4.78 is 2.70. The van der Waals surface area contributed by atoms with Gasteiger partial charge in [-0.15, -0.1) is 11.3 Å². The number of thiophene rings is 1. The van der Waals surface area contributed by atoms with Gasteiger partial charge in [-0.3, -0.25) is 0 Å². The normalized spacial score (nSPS) is 19.1. The summed E-state index contributed by atoms with van der Waals surface area (Å²) in [6.07, 6.45) is 4.79. The molecule has 11 rings (SSSR count). The maximum absolute atomic E-state index is 2.78. The van der Waals surface area contributed by atoms with Gasteiger partial charge in [-0.2, -0.15) is 0 Å². The molecule has 4 heteroatoms. The van der Waals surface area contributed by atoms with Crippen LogP contribution in [0, 0.1) is 6.92 Å². The first kappa shape index (κ1) is 35.4. The van der Waals surface area contributed by atoms with Crippen LogP contribution in [0.15, 0.2) is 109 Å². The summed E-state index contributed by atoms with van der Waals surface area (Å²) in [5.74, 6) is 0. The summed E-state index contributed by atoms with van der Waals surface area (Å²) >= 11 is 1.93. The van der Waals surface area contributed by atoms with Crippen LogP contribution >= 0.6 is 11.3 Å². The first-order valence-electron chi connectivity index (χ1n) is 21.2. The molecule has 0 saturated heterocycles. The molecule has 0 atom stereocenters. The second-order valence-corrected chi connectivity index (χ2v) is 21.5. The zero-order valence-electron chi connectivity index (χ0n) is 35.1. The van der Waals surface area contributed by atoms with Gasteiger partial charge in [-0.1, -0.05) is 104 Å². The number of aryl methyl sites for hydroxylation is 1. The van der Waals surface area contributed by atoms with Crippen molar-refractivity contribution in [2.75, 3.05) is 9.71 Å². The summed E-state index contributed by atoms with van der Waals surface area (Å²) in [6, 6.07) is 43.0. The Morgan fingerprint density at radius 1 is 0.491 bits per heavy atom. The highest BCUT2D eigenvalue weighted by Gasteiger charge is 2.48.